The summed E-state index contributed by atoms with van der Waals surface area (Å²) in [6.45, 7) is 6.26. The van der Waals surface area contributed by atoms with Gasteiger partial charge in [0.2, 0.25) is 0 Å². The van der Waals surface area contributed by atoms with Crippen molar-refractivity contribution in [1.82, 2.24) is 0 Å². The average molecular weight is 1000 g/mol. The first-order valence-electron chi connectivity index (χ1n) is 25.0. The fraction of sp³-hybridized carbons (Fsp3) is 0.536. The maximum atomic E-state index is 12.0. The van der Waals surface area contributed by atoms with Crippen LogP contribution < -0.4 is 9.47 Å². The number of esters is 2. The van der Waals surface area contributed by atoms with Crippen LogP contribution in [0.25, 0.3) is 0 Å². The van der Waals surface area contributed by atoms with Crippen molar-refractivity contribution in [2.45, 2.75) is 153 Å². The van der Waals surface area contributed by atoms with Gasteiger partial charge in [0, 0.05) is 29.8 Å². The second kappa shape index (κ2) is 21.9. The minimum atomic E-state index is -1.41. The predicted octanol–water partition coefficient (Wildman–Crippen LogP) is 9.08. The molecule has 0 spiro atoms. The van der Waals surface area contributed by atoms with Crippen LogP contribution in [-0.2, 0) is 41.4 Å². The van der Waals surface area contributed by atoms with E-state index in [0.717, 1.165) is 69.4 Å². The number of aliphatic hydroxyl groups excluding tert-OH is 4. The molecule has 4 saturated carbocycles. The van der Waals surface area contributed by atoms with Crippen molar-refractivity contribution in [3.63, 3.8) is 0 Å². The van der Waals surface area contributed by atoms with Crippen LogP contribution in [0.4, 0.5) is 0 Å². The van der Waals surface area contributed by atoms with Gasteiger partial charge in [0.05, 0.1) is 24.9 Å². The van der Waals surface area contributed by atoms with Gasteiger partial charge >= 0.3 is 11.9 Å². The van der Waals surface area contributed by atoms with E-state index in [2.05, 4.69) is 12.1 Å². The molecule has 0 amide bonds. The number of halogens is 2. The Balaban J connectivity index is 0.000000176. The van der Waals surface area contributed by atoms with Gasteiger partial charge < -0.3 is 48.8 Å². The Labute approximate surface area is 420 Å². The minimum absolute atomic E-state index is 0.132. The fourth-order valence-electron chi connectivity index (χ4n) is 11.4. The molecule has 14 heteroatoms. The van der Waals surface area contributed by atoms with E-state index in [1.807, 2.05) is 74.5 Å². The number of rotatable bonds is 14. The van der Waals surface area contributed by atoms with E-state index in [-0.39, 0.29) is 12.0 Å². The third-order valence-corrected chi connectivity index (χ3v) is 16.1. The van der Waals surface area contributed by atoms with Crippen molar-refractivity contribution in [2.24, 2.45) is 29.6 Å². The minimum Gasteiger partial charge on any atom is -0.490 e. The van der Waals surface area contributed by atoms with Gasteiger partial charge in [-0.3, -0.25) is 9.59 Å². The first-order chi connectivity index (χ1) is 33.6. The number of carbonyl (C=O) groups excluding carboxylic acids is 2. The molecule has 12 nitrogen and oxygen atoms in total. The van der Waals surface area contributed by atoms with Crippen LogP contribution in [0, 0.1) is 29.6 Å². The van der Waals surface area contributed by atoms with Crippen LogP contribution in [0.1, 0.15) is 118 Å². The molecule has 10 rings (SSSR count). The fourth-order valence-corrected chi connectivity index (χ4v) is 11.8. The lowest BCUT2D eigenvalue weighted by Gasteiger charge is -2.44. The van der Waals surface area contributed by atoms with Gasteiger partial charge in [-0.1, -0.05) is 85.6 Å². The highest BCUT2D eigenvalue weighted by Gasteiger charge is 2.49. The van der Waals surface area contributed by atoms with E-state index in [9.17, 15) is 30.0 Å². The number of hydrogen-bond donors (Lipinski definition) is 4. The number of aliphatic hydroxyl groups is 4. The standard InChI is InChI=1S/C31H37ClO6.C25H29ClO6/c1-5-28-17(2)29(35-18(3)33)31(36-19(4)34)30(38-28)21-8-11-27(32)24(13-21)12-20-6-9-25(10-7-20)37-26-15-22-14-23(22)16-26;26-20-6-3-14(25-24(30)23(29)22(28)21(12-27)32-25)8-17(20)7-13-1-4-18(5-2-13)31-19-10-15-9-16(15)11-19/h6-11,13,17,22-23,26,28-31H,5,12,14-16H2,1-4H3;1-6,8,15-16,19,21-25,27-30H,7,9-12H2/t17-,22-,23+,26?,28-,29+,30+,31-;15-,16+,19?,21-,22-,23+,24-,25?/m11/s1. The third kappa shape index (κ3) is 11.8. The zero-order chi connectivity index (χ0) is 49.4. The number of carbonyl (C=O) groups is 2. The maximum absolute atomic E-state index is 12.0. The van der Waals surface area contributed by atoms with Gasteiger partial charge in [-0.25, -0.2) is 0 Å². The van der Waals surface area contributed by atoms with Gasteiger partial charge in [-0.05, 0) is 151 Å². The summed E-state index contributed by atoms with van der Waals surface area (Å²) in [5, 5.41) is 41.2. The van der Waals surface area contributed by atoms with Gasteiger partial charge in [-0.15, -0.1) is 0 Å². The average Bonchev–Trinajstić information content (AvgIpc) is 4.18. The number of fused-ring (bicyclic) bond motifs is 2. The van der Waals surface area contributed by atoms with E-state index in [0.29, 0.717) is 40.7 Å². The Hall–Kier alpha value is -4.24. The molecule has 6 fully saturated rings. The SMILES string of the molecule is CC[C@H]1O[C@@H](c2ccc(Cl)c(Cc3ccc(OC4C[C@@H]5C[C@@H]5C4)cc3)c2)[C@H](OC(C)=O)[C@@H](OC(C)=O)[C@@H]1C.OC[C@H]1OC(c2ccc(Cl)c(Cc3ccc(OC4C[C@@H]5C[C@@H]5C4)cc3)c2)[C@H](O)[C@@H](O)[C@@H]1O. The molecule has 376 valence electrons. The van der Waals surface area contributed by atoms with Crippen molar-refractivity contribution in [3.05, 3.63) is 128 Å². The van der Waals surface area contributed by atoms with Crippen molar-refractivity contribution >= 4 is 35.1 Å². The van der Waals surface area contributed by atoms with Crippen molar-refractivity contribution < 1.29 is 58.4 Å². The quantitative estimate of drug-likeness (QED) is 0.0886. The van der Waals surface area contributed by atoms with E-state index >= 15 is 0 Å². The predicted molar refractivity (Wildman–Crippen MR) is 263 cm³/mol. The molecule has 3 unspecified atom stereocenters. The second-order valence-corrected chi connectivity index (χ2v) is 21.4. The first-order valence-corrected chi connectivity index (χ1v) is 25.8. The normalized spacial score (nSPS) is 33.7. The summed E-state index contributed by atoms with van der Waals surface area (Å²) in [5.41, 5.74) is 5.43. The Bertz CT molecular complexity index is 2430. The van der Waals surface area contributed by atoms with Gasteiger partial charge in [0.15, 0.2) is 6.10 Å². The van der Waals surface area contributed by atoms with Gasteiger partial charge in [0.25, 0.3) is 0 Å². The summed E-state index contributed by atoms with van der Waals surface area (Å²) >= 11 is 13.1. The first kappa shape index (κ1) is 50.7. The van der Waals surface area contributed by atoms with Gasteiger partial charge in [-0.2, -0.15) is 0 Å². The number of hydrogen-bond acceptors (Lipinski definition) is 12. The molecule has 4 N–H and O–H groups in total. The highest BCUT2D eigenvalue weighted by atomic mass is 35.5. The zero-order valence-electron chi connectivity index (χ0n) is 40.2. The van der Waals surface area contributed by atoms with Crippen LogP contribution >= 0.6 is 23.2 Å². The molecule has 2 aliphatic heterocycles. The third-order valence-electron chi connectivity index (χ3n) is 15.4. The molecular formula is C56H66Cl2O12. The lowest BCUT2D eigenvalue weighted by Crippen LogP contribution is -2.55. The summed E-state index contributed by atoms with van der Waals surface area (Å²) in [6, 6.07) is 27.3. The Morgan fingerprint density at radius 1 is 0.586 bits per heavy atom. The molecule has 0 bridgehead atoms. The molecule has 2 heterocycles. The van der Waals surface area contributed by atoms with Crippen molar-refractivity contribution in [1.29, 1.82) is 0 Å². The smallest absolute Gasteiger partial charge is 0.303 e. The topological polar surface area (TPSA) is 170 Å². The summed E-state index contributed by atoms with van der Waals surface area (Å²) in [7, 11) is 0. The zero-order valence-corrected chi connectivity index (χ0v) is 41.7. The number of benzene rings is 4. The summed E-state index contributed by atoms with van der Waals surface area (Å²) < 4.78 is 35.9. The van der Waals surface area contributed by atoms with Gasteiger partial charge in [0.1, 0.15) is 54.2 Å². The molecule has 16 atom stereocenters. The monoisotopic (exact) mass is 1000 g/mol. The van der Waals surface area contributed by atoms with Crippen LogP contribution in [0.15, 0.2) is 84.9 Å². The van der Waals surface area contributed by atoms with Crippen LogP contribution in [0.5, 0.6) is 11.5 Å². The van der Waals surface area contributed by atoms with Crippen LogP contribution in [-0.4, -0.2) is 93.9 Å². The molecule has 70 heavy (non-hydrogen) atoms. The molecule has 6 aliphatic rings. The summed E-state index contributed by atoms with van der Waals surface area (Å²) in [4.78, 5) is 24.0. The molecule has 0 radical (unpaired) electrons. The van der Waals surface area contributed by atoms with Crippen molar-refractivity contribution in [3.8, 4) is 11.5 Å². The van der Waals surface area contributed by atoms with Crippen LogP contribution in [0.2, 0.25) is 10.0 Å². The molecule has 4 aromatic carbocycles. The Kier molecular flexibility index (Phi) is 15.8. The largest absolute Gasteiger partial charge is 0.490 e. The van der Waals surface area contributed by atoms with E-state index < -0.39 is 67.4 Å². The lowest BCUT2D eigenvalue weighted by molar-refractivity contribution is -0.231. The van der Waals surface area contributed by atoms with Crippen molar-refractivity contribution in [2.75, 3.05) is 6.61 Å². The summed E-state index contributed by atoms with van der Waals surface area (Å²) in [6.07, 6.45) is 2.05. The molecular weight excluding hydrogens is 936 g/mol. The highest BCUT2D eigenvalue weighted by Crippen LogP contribution is 2.53. The number of ether oxygens (including phenoxy) is 6. The second-order valence-electron chi connectivity index (χ2n) is 20.5. The maximum Gasteiger partial charge on any atom is 0.303 e. The molecule has 4 aromatic rings. The van der Waals surface area contributed by atoms with E-state index in [4.69, 9.17) is 51.6 Å². The van der Waals surface area contributed by atoms with E-state index in [1.165, 1.54) is 52.4 Å². The molecule has 0 aromatic heterocycles. The Morgan fingerprint density at radius 2 is 1.03 bits per heavy atom. The van der Waals surface area contributed by atoms with Crippen LogP contribution in [0.3, 0.4) is 0 Å². The van der Waals surface area contributed by atoms with E-state index in [1.54, 1.807) is 12.1 Å². The lowest BCUT2D eigenvalue weighted by atomic mass is 9.84. The molecule has 2 saturated heterocycles. The highest BCUT2D eigenvalue weighted by molar-refractivity contribution is 6.31. The summed E-state index contributed by atoms with van der Waals surface area (Å²) in [5.74, 6) is 4.36. The Morgan fingerprint density at radius 3 is 1.47 bits per heavy atom. The molecule has 4 aliphatic carbocycles.